The molecule has 21 heavy (non-hydrogen) atoms. The van der Waals surface area contributed by atoms with E-state index in [1.807, 2.05) is 18.2 Å². The fourth-order valence-corrected chi connectivity index (χ4v) is 3.14. The number of H-pyrrole nitrogens is 1. The molecule has 1 aliphatic heterocycles. The first-order chi connectivity index (χ1) is 10.3. The average molecular weight is 302 g/mol. The lowest BCUT2D eigenvalue weighted by molar-refractivity contribution is -0.133. The van der Waals surface area contributed by atoms with Crippen LogP contribution in [0.25, 0.3) is 10.9 Å². The highest BCUT2D eigenvalue weighted by Crippen LogP contribution is 2.34. The van der Waals surface area contributed by atoms with Crippen LogP contribution in [-0.4, -0.2) is 28.2 Å². The number of hydrogen-bond acceptors (Lipinski definition) is 2. The molecule has 1 atom stereocenters. The number of fused-ring (bicyclic) bond motifs is 3. The van der Waals surface area contributed by atoms with Crippen molar-refractivity contribution in [2.75, 3.05) is 12.4 Å². The van der Waals surface area contributed by atoms with E-state index in [4.69, 9.17) is 11.6 Å². The van der Waals surface area contributed by atoms with E-state index in [9.17, 15) is 10.1 Å². The number of carbonyl (C=O) groups is 1. The molecular formula is C16H16ClN3O. The molecule has 1 aliphatic rings. The van der Waals surface area contributed by atoms with Crippen molar-refractivity contribution in [3.8, 4) is 6.07 Å². The molecule has 1 amide bonds. The monoisotopic (exact) mass is 301 g/mol. The molecule has 0 bridgehead atoms. The summed E-state index contributed by atoms with van der Waals surface area (Å²) >= 11 is 5.65. The number of nitriles is 1. The molecule has 0 radical (unpaired) electrons. The van der Waals surface area contributed by atoms with Gasteiger partial charge in [-0.25, -0.2) is 0 Å². The van der Waals surface area contributed by atoms with Crippen LogP contribution in [-0.2, 0) is 11.2 Å². The Balaban J connectivity index is 1.97. The molecule has 0 spiro atoms. The number of aromatic amines is 1. The maximum Gasteiger partial charge on any atom is 0.223 e. The first kappa shape index (κ1) is 14.0. The molecule has 3 rings (SSSR count). The van der Waals surface area contributed by atoms with Crippen LogP contribution >= 0.6 is 11.6 Å². The largest absolute Gasteiger partial charge is 0.356 e. The number of nitrogens with zero attached hydrogens (tertiary/aromatic N) is 2. The van der Waals surface area contributed by atoms with Gasteiger partial charge >= 0.3 is 0 Å². The molecule has 1 aromatic carbocycles. The minimum Gasteiger partial charge on any atom is -0.356 e. The quantitative estimate of drug-likeness (QED) is 0.885. The van der Waals surface area contributed by atoms with Gasteiger partial charge < -0.3 is 9.88 Å². The third kappa shape index (κ3) is 2.38. The van der Waals surface area contributed by atoms with E-state index in [-0.39, 0.29) is 5.91 Å². The molecule has 0 saturated heterocycles. The second-order valence-corrected chi connectivity index (χ2v) is 5.60. The lowest BCUT2D eigenvalue weighted by atomic mass is 9.97. The molecule has 1 N–H and O–H groups in total. The molecule has 108 valence electrons. The molecule has 2 aromatic rings. The summed E-state index contributed by atoms with van der Waals surface area (Å²) in [4.78, 5) is 17.2. The normalized spacial score (nSPS) is 17.5. The van der Waals surface area contributed by atoms with Crippen molar-refractivity contribution in [2.24, 2.45) is 0 Å². The van der Waals surface area contributed by atoms with Gasteiger partial charge in [-0.15, -0.1) is 11.6 Å². The summed E-state index contributed by atoms with van der Waals surface area (Å²) < 4.78 is 0. The van der Waals surface area contributed by atoms with Crippen LogP contribution < -0.4 is 0 Å². The van der Waals surface area contributed by atoms with Crippen molar-refractivity contribution in [3.05, 3.63) is 35.5 Å². The SMILES string of the molecule is N#CC1c2[nH]c3ccccc3c2CCN1C(=O)CCCCl. The first-order valence-electron chi connectivity index (χ1n) is 7.10. The van der Waals surface area contributed by atoms with Gasteiger partial charge in [0.05, 0.1) is 11.8 Å². The summed E-state index contributed by atoms with van der Waals surface area (Å²) in [5.74, 6) is 0.473. The number of carbonyl (C=O) groups excluding carboxylic acids is 1. The zero-order valence-corrected chi connectivity index (χ0v) is 12.4. The number of benzene rings is 1. The summed E-state index contributed by atoms with van der Waals surface area (Å²) in [5, 5.41) is 10.7. The molecule has 0 aliphatic carbocycles. The lowest BCUT2D eigenvalue weighted by Crippen LogP contribution is -2.39. The number of hydrogen-bond donors (Lipinski definition) is 1. The van der Waals surface area contributed by atoms with E-state index >= 15 is 0 Å². The Morgan fingerprint density at radius 3 is 3.05 bits per heavy atom. The smallest absolute Gasteiger partial charge is 0.223 e. The van der Waals surface area contributed by atoms with E-state index in [1.54, 1.807) is 4.90 Å². The Bertz CT molecular complexity index is 716. The summed E-state index contributed by atoms with van der Waals surface area (Å²) in [6, 6.07) is 9.77. The molecule has 5 heteroatoms. The topological polar surface area (TPSA) is 59.9 Å². The highest BCUT2D eigenvalue weighted by molar-refractivity contribution is 6.17. The van der Waals surface area contributed by atoms with Crippen molar-refractivity contribution < 1.29 is 4.79 Å². The summed E-state index contributed by atoms with van der Waals surface area (Å²) in [7, 11) is 0. The number of rotatable bonds is 3. The Morgan fingerprint density at radius 2 is 2.29 bits per heavy atom. The van der Waals surface area contributed by atoms with Crippen molar-refractivity contribution >= 4 is 28.4 Å². The third-order valence-electron chi connectivity index (χ3n) is 4.00. The molecule has 2 heterocycles. The molecule has 1 aromatic heterocycles. The number of alkyl halides is 1. The van der Waals surface area contributed by atoms with Gasteiger partial charge in [-0.3, -0.25) is 4.79 Å². The second kappa shape index (κ2) is 5.79. The van der Waals surface area contributed by atoms with Crippen molar-refractivity contribution in [2.45, 2.75) is 25.3 Å². The average Bonchev–Trinajstić information content (AvgIpc) is 2.90. The van der Waals surface area contributed by atoms with Crippen molar-refractivity contribution in [1.82, 2.24) is 9.88 Å². The Labute approximate surface area is 128 Å². The van der Waals surface area contributed by atoms with Crippen LogP contribution in [0.5, 0.6) is 0 Å². The molecule has 0 saturated carbocycles. The van der Waals surface area contributed by atoms with Crippen LogP contribution in [0.4, 0.5) is 0 Å². The van der Waals surface area contributed by atoms with Crippen molar-refractivity contribution in [1.29, 1.82) is 5.26 Å². The minimum atomic E-state index is -0.524. The summed E-state index contributed by atoms with van der Waals surface area (Å²) in [6.45, 7) is 0.591. The highest BCUT2D eigenvalue weighted by atomic mass is 35.5. The number of halogens is 1. The van der Waals surface area contributed by atoms with E-state index < -0.39 is 6.04 Å². The fourth-order valence-electron chi connectivity index (χ4n) is 3.01. The lowest BCUT2D eigenvalue weighted by Gasteiger charge is -2.31. The fraction of sp³-hybridized carbons (Fsp3) is 0.375. The number of nitrogens with one attached hydrogen (secondary N) is 1. The zero-order valence-electron chi connectivity index (χ0n) is 11.6. The van der Waals surface area contributed by atoms with Crippen LogP contribution in [0.2, 0.25) is 0 Å². The van der Waals surface area contributed by atoms with E-state index in [0.717, 1.165) is 23.0 Å². The van der Waals surface area contributed by atoms with Gasteiger partial charge in [0.25, 0.3) is 0 Å². The Kier molecular flexibility index (Phi) is 3.85. The van der Waals surface area contributed by atoms with Gasteiger partial charge in [-0.05, 0) is 24.5 Å². The zero-order chi connectivity index (χ0) is 14.8. The Morgan fingerprint density at radius 1 is 1.48 bits per heavy atom. The molecule has 4 nitrogen and oxygen atoms in total. The van der Waals surface area contributed by atoms with Gasteiger partial charge in [0.15, 0.2) is 6.04 Å². The van der Waals surface area contributed by atoms with Gasteiger partial charge in [0, 0.05) is 29.7 Å². The van der Waals surface area contributed by atoms with Crippen LogP contribution in [0.3, 0.4) is 0 Å². The van der Waals surface area contributed by atoms with Gasteiger partial charge in [0.2, 0.25) is 5.91 Å². The first-order valence-corrected chi connectivity index (χ1v) is 7.64. The van der Waals surface area contributed by atoms with Crippen LogP contribution in [0, 0.1) is 11.3 Å². The maximum atomic E-state index is 12.3. The molecule has 1 unspecified atom stereocenters. The highest BCUT2D eigenvalue weighted by Gasteiger charge is 2.32. The maximum absolute atomic E-state index is 12.3. The van der Waals surface area contributed by atoms with Gasteiger partial charge in [-0.1, -0.05) is 18.2 Å². The van der Waals surface area contributed by atoms with E-state index in [0.29, 0.717) is 25.3 Å². The standard InChI is InChI=1S/C16H16ClN3O/c17-8-3-6-15(21)20-9-7-12-11-4-1-2-5-13(11)19-16(12)14(20)10-18/h1-2,4-5,14,19H,3,6-9H2. The summed E-state index contributed by atoms with van der Waals surface area (Å²) in [5.41, 5.74) is 3.06. The second-order valence-electron chi connectivity index (χ2n) is 5.22. The van der Waals surface area contributed by atoms with E-state index in [1.165, 1.54) is 5.56 Å². The molecule has 0 fully saturated rings. The predicted molar refractivity (Wildman–Crippen MR) is 82.0 cm³/mol. The predicted octanol–water partition coefficient (Wildman–Crippen LogP) is 3.14. The van der Waals surface area contributed by atoms with Gasteiger partial charge in [0.1, 0.15) is 0 Å². The van der Waals surface area contributed by atoms with Crippen LogP contribution in [0.1, 0.15) is 30.1 Å². The van der Waals surface area contributed by atoms with E-state index in [2.05, 4.69) is 17.1 Å². The number of aromatic nitrogens is 1. The van der Waals surface area contributed by atoms with Crippen molar-refractivity contribution in [3.63, 3.8) is 0 Å². The summed E-state index contributed by atoms with van der Waals surface area (Å²) in [6.07, 6.45) is 1.83. The minimum absolute atomic E-state index is 0.00602. The Hall–Kier alpha value is -1.99. The van der Waals surface area contributed by atoms with Gasteiger partial charge in [-0.2, -0.15) is 5.26 Å². The van der Waals surface area contributed by atoms with Crippen LogP contribution in [0.15, 0.2) is 24.3 Å². The third-order valence-corrected chi connectivity index (χ3v) is 4.27. The number of amides is 1. The molecular weight excluding hydrogens is 286 g/mol. The number of para-hydroxylation sites is 1.